The lowest BCUT2D eigenvalue weighted by molar-refractivity contribution is 0.238. The Morgan fingerprint density at radius 2 is 1.76 bits per heavy atom. The molecule has 1 aromatic rings. The molecule has 1 aliphatic heterocycles. The molecule has 1 heterocycles. The van der Waals surface area contributed by atoms with Gasteiger partial charge in [-0.05, 0) is 50.7 Å². The van der Waals surface area contributed by atoms with Crippen LogP contribution in [0.15, 0.2) is 24.3 Å². The van der Waals surface area contributed by atoms with E-state index in [1.54, 1.807) is 0 Å². The van der Waals surface area contributed by atoms with Gasteiger partial charge in [0.1, 0.15) is 0 Å². The van der Waals surface area contributed by atoms with Gasteiger partial charge in [0, 0.05) is 30.9 Å². The first-order valence-electron chi connectivity index (χ1n) is 8.41. The second kappa shape index (κ2) is 6.39. The van der Waals surface area contributed by atoms with Crippen molar-refractivity contribution in [2.24, 2.45) is 5.41 Å². The van der Waals surface area contributed by atoms with Crippen molar-refractivity contribution in [2.45, 2.75) is 66.0 Å². The van der Waals surface area contributed by atoms with E-state index in [-0.39, 0.29) is 5.54 Å². The number of benzene rings is 1. The van der Waals surface area contributed by atoms with Crippen molar-refractivity contribution in [1.29, 1.82) is 0 Å². The normalized spacial score (nSPS) is 18.8. The molecule has 2 heteroatoms. The summed E-state index contributed by atoms with van der Waals surface area (Å²) >= 11 is 0. The third-order valence-electron chi connectivity index (χ3n) is 4.97. The molecule has 0 aromatic heterocycles. The first-order chi connectivity index (χ1) is 9.83. The lowest BCUT2D eigenvalue weighted by Gasteiger charge is -2.40. The van der Waals surface area contributed by atoms with Crippen LogP contribution in [0.4, 0.5) is 5.69 Å². The van der Waals surface area contributed by atoms with E-state index in [2.05, 4.69) is 69.1 Å². The van der Waals surface area contributed by atoms with Gasteiger partial charge in [0.2, 0.25) is 0 Å². The van der Waals surface area contributed by atoms with Crippen LogP contribution in [0, 0.1) is 5.41 Å². The zero-order chi connectivity index (χ0) is 15.5. The van der Waals surface area contributed by atoms with Gasteiger partial charge in [-0.25, -0.2) is 0 Å². The largest absolute Gasteiger partial charge is 0.371 e. The minimum Gasteiger partial charge on any atom is -0.371 e. The van der Waals surface area contributed by atoms with Crippen LogP contribution in [0.2, 0.25) is 0 Å². The molecule has 0 aliphatic carbocycles. The van der Waals surface area contributed by atoms with E-state index in [1.165, 1.54) is 43.6 Å². The van der Waals surface area contributed by atoms with E-state index in [1.807, 2.05) is 0 Å². The number of hydrogen-bond acceptors (Lipinski definition) is 2. The first-order valence-corrected chi connectivity index (χ1v) is 8.41. The molecule has 1 aliphatic rings. The Kier molecular flexibility index (Phi) is 4.98. The molecule has 0 radical (unpaired) electrons. The summed E-state index contributed by atoms with van der Waals surface area (Å²) in [5, 5.41) is 3.62. The molecule has 1 aromatic carbocycles. The maximum atomic E-state index is 3.62. The molecule has 1 fully saturated rings. The van der Waals surface area contributed by atoms with Crippen LogP contribution in [-0.2, 0) is 6.54 Å². The molecule has 0 amide bonds. The van der Waals surface area contributed by atoms with E-state index in [0.717, 1.165) is 6.54 Å². The van der Waals surface area contributed by atoms with Crippen LogP contribution in [0.1, 0.15) is 59.4 Å². The van der Waals surface area contributed by atoms with Gasteiger partial charge in [-0.3, -0.25) is 0 Å². The summed E-state index contributed by atoms with van der Waals surface area (Å²) < 4.78 is 0. The van der Waals surface area contributed by atoms with Crippen molar-refractivity contribution in [2.75, 3.05) is 18.0 Å². The number of anilines is 1. The molecular formula is C19H32N2. The average Bonchev–Trinajstić information content (AvgIpc) is 2.46. The Bertz CT molecular complexity index is 451. The smallest absolute Gasteiger partial charge is 0.0411 e. The third kappa shape index (κ3) is 4.47. The molecule has 0 spiro atoms. The van der Waals surface area contributed by atoms with Gasteiger partial charge >= 0.3 is 0 Å². The highest BCUT2D eigenvalue weighted by Gasteiger charge is 2.28. The number of hydrogen-bond donors (Lipinski definition) is 1. The van der Waals surface area contributed by atoms with Gasteiger partial charge in [-0.2, -0.15) is 0 Å². The summed E-state index contributed by atoms with van der Waals surface area (Å²) in [6.07, 6.45) is 3.92. The number of nitrogens with one attached hydrogen (secondary N) is 1. The topological polar surface area (TPSA) is 15.3 Å². The third-order valence-corrected chi connectivity index (χ3v) is 4.97. The van der Waals surface area contributed by atoms with E-state index in [9.17, 15) is 0 Å². The van der Waals surface area contributed by atoms with Gasteiger partial charge < -0.3 is 10.2 Å². The summed E-state index contributed by atoms with van der Waals surface area (Å²) in [6.45, 7) is 14.8. The molecule has 0 atom stereocenters. The maximum absolute atomic E-state index is 3.62. The fraction of sp³-hybridized carbons (Fsp3) is 0.684. The van der Waals surface area contributed by atoms with E-state index in [4.69, 9.17) is 0 Å². The van der Waals surface area contributed by atoms with Crippen molar-refractivity contribution in [1.82, 2.24) is 5.32 Å². The molecule has 1 N–H and O–H groups in total. The minimum absolute atomic E-state index is 0.162. The Labute approximate surface area is 130 Å². The minimum atomic E-state index is 0.162. The van der Waals surface area contributed by atoms with Crippen LogP contribution >= 0.6 is 0 Å². The van der Waals surface area contributed by atoms with Crippen LogP contribution < -0.4 is 10.2 Å². The summed E-state index contributed by atoms with van der Waals surface area (Å²) in [5.41, 5.74) is 3.56. The average molecular weight is 288 g/mol. The number of nitrogens with zero attached hydrogens (tertiary/aromatic N) is 1. The lowest BCUT2D eigenvalue weighted by atomic mass is 9.78. The highest BCUT2D eigenvalue weighted by Crippen LogP contribution is 2.36. The van der Waals surface area contributed by atoms with Crippen LogP contribution in [0.25, 0.3) is 0 Å². The summed E-state index contributed by atoms with van der Waals surface area (Å²) in [5.74, 6) is 0. The molecule has 0 unspecified atom stereocenters. The van der Waals surface area contributed by atoms with Gasteiger partial charge in [-0.1, -0.05) is 38.5 Å². The molecule has 118 valence electrons. The standard InChI is InChI=1S/C19H32N2/c1-6-19(5)11-13-21(14-12-19)17-10-8-7-9-16(17)15-20-18(2,3)4/h7-10,20H,6,11-15H2,1-5H3. The van der Waals surface area contributed by atoms with Crippen molar-refractivity contribution in [3.63, 3.8) is 0 Å². The van der Waals surface area contributed by atoms with E-state index >= 15 is 0 Å². The molecule has 0 bridgehead atoms. The molecule has 21 heavy (non-hydrogen) atoms. The number of para-hydroxylation sites is 1. The van der Waals surface area contributed by atoms with Gasteiger partial charge in [0.25, 0.3) is 0 Å². The zero-order valence-electron chi connectivity index (χ0n) is 14.5. The summed E-state index contributed by atoms with van der Waals surface area (Å²) in [4.78, 5) is 2.58. The lowest BCUT2D eigenvalue weighted by Crippen LogP contribution is -2.40. The fourth-order valence-corrected chi connectivity index (χ4v) is 2.97. The van der Waals surface area contributed by atoms with Gasteiger partial charge in [0.05, 0.1) is 0 Å². The second-order valence-electron chi connectivity index (χ2n) is 7.88. The van der Waals surface area contributed by atoms with Crippen molar-refractivity contribution >= 4 is 5.69 Å². The predicted molar refractivity (Wildman–Crippen MR) is 92.9 cm³/mol. The Balaban J connectivity index is 2.07. The molecule has 2 nitrogen and oxygen atoms in total. The van der Waals surface area contributed by atoms with Crippen LogP contribution in [0.3, 0.4) is 0 Å². The van der Waals surface area contributed by atoms with E-state index < -0.39 is 0 Å². The maximum Gasteiger partial charge on any atom is 0.0411 e. The van der Waals surface area contributed by atoms with Crippen molar-refractivity contribution in [3.8, 4) is 0 Å². The van der Waals surface area contributed by atoms with E-state index in [0.29, 0.717) is 5.41 Å². The van der Waals surface area contributed by atoms with Gasteiger partial charge in [-0.15, -0.1) is 0 Å². The predicted octanol–water partition coefficient (Wildman–Crippen LogP) is 4.59. The quantitative estimate of drug-likeness (QED) is 0.871. The fourth-order valence-electron chi connectivity index (χ4n) is 2.97. The highest BCUT2D eigenvalue weighted by atomic mass is 15.1. The SMILES string of the molecule is CCC1(C)CCN(c2ccccc2CNC(C)(C)C)CC1. The molecule has 2 rings (SSSR count). The molecule has 1 saturated heterocycles. The number of piperidine rings is 1. The Morgan fingerprint density at radius 3 is 2.33 bits per heavy atom. The molecular weight excluding hydrogens is 256 g/mol. The summed E-state index contributed by atoms with van der Waals surface area (Å²) in [6, 6.07) is 8.88. The van der Waals surface area contributed by atoms with Crippen molar-refractivity contribution < 1.29 is 0 Å². The Morgan fingerprint density at radius 1 is 1.14 bits per heavy atom. The second-order valence-corrected chi connectivity index (χ2v) is 7.88. The summed E-state index contributed by atoms with van der Waals surface area (Å²) in [7, 11) is 0. The van der Waals surface area contributed by atoms with Crippen LogP contribution in [0.5, 0.6) is 0 Å². The van der Waals surface area contributed by atoms with Crippen molar-refractivity contribution in [3.05, 3.63) is 29.8 Å². The van der Waals surface area contributed by atoms with Gasteiger partial charge in [0.15, 0.2) is 0 Å². The monoisotopic (exact) mass is 288 g/mol. The zero-order valence-corrected chi connectivity index (χ0v) is 14.5. The Hall–Kier alpha value is -1.02. The number of rotatable bonds is 4. The first kappa shape index (κ1) is 16.4. The van der Waals surface area contributed by atoms with Crippen LogP contribution in [-0.4, -0.2) is 18.6 Å². The molecule has 0 saturated carbocycles. The highest BCUT2D eigenvalue weighted by molar-refractivity contribution is 5.54.